The van der Waals surface area contributed by atoms with E-state index in [4.69, 9.17) is 19.6 Å². The number of nitrogens with zero attached hydrogens (tertiary/aromatic N) is 4. The monoisotopic (exact) mass is 653 g/mol. The minimum Gasteiger partial charge on any atom is -0.494 e. The van der Waals surface area contributed by atoms with Crippen LogP contribution >= 0.6 is 15.9 Å². The number of amides is 1. The molecule has 5 rings (SSSR count). The second kappa shape index (κ2) is 14.7. The molecule has 0 aliphatic carbocycles. The molecule has 4 aromatic rings. The number of aliphatic imine (C=N–C) groups is 1. The van der Waals surface area contributed by atoms with Gasteiger partial charge in [0.2, 0.25) is 5.90 Å². The lowest BCUT2D eigenvalue weighted by atomic mass is 9.81. The van der Waals surface area contributed by atoms with E-state index >= 15 is 0 Å². The zero-order valence-electron chi connectivity index (χ0n) is 24.0. The fraction of sp³-hybridized carbons (Fsp3) is 0.235. The lowest BCUT2D eigenvalue weighted by Gasteiger charge is -2.31. The first-order valence-corrected chi connectivity index (χ1v) is 15.1. The number of ether oxygens (including phenoxy) is 2. The van der Waals surface area contributed by atoms with Crippen LogP contribution in [0.5, 0.6) is 5.75 Å². The van der Waals surface area contributed by atoms with Gasteiger partial charge in [-0.3, -0.25) is 4.79 Å². The maximum Gasteiger partial charge on any atom is 0.252 e. The van der Waals surface area contributed by atoms with Crippen molar-refractivity contribution < 1.29 is 19.4 Å². The minimum atomic E-state index is -1.44. The lowest BCUT2D eigenvalue weighted by molar-refractivity contribution is -0.128. The van der Waals surface area contributed by atoms with E-state index in [0.717, 1.165) is 15.6 Å². The van der Waals surface area contributed by atoms with Crippen LogP contribution in [0.2, 0.25) is 0 Å². The molecule has 1 amide bonds. The van der Waals surface area contributed by atoms with Crippen LogP contribution < -0.4 is 10.1 Å². The molecule has 2 atom stereocenters. The van der Waals surface area contributed by atoms with Crippen LogP contribution in [0.1, 0.15) is 34.8 Å². The highest BCUT2D eigenvalue weighted by Gasteiger charge is 2.54. The summed E-state index contributed by atoms with van der Waals surface area (Å²) in [5.74, 6) is 0.660. The van der Waals surface area contributed by atoms with Gasteiger partial charge in [-0.15, -0.1) is 0 Å². The Morgan fingerprint density at radius 2 is 1.75 bits per heavy atom. The van der Waals surface area contributed by atoms with Gasteiger partial charge < -0.3 is 19.9 Å². The predicted molar refractivity (Wildman–Crippen MR) is 173 cm³/mol. The molecule has 0 fully saturated rings. The number of benzene rings is 4. The summed E-state index contributed by atoms with van der Waals surface area (Å²) >= 11 is 3.67. The van der Waals surface area contributed by atoms with Crippen LogP contribution in [0.15, 0.2) is 118 Å². The molecule has 9 nitrogen and oxygen atoms in total. The van der Waals surface area contributed by atoms with E-state index in [9.17, 15) is 10.3 Å². The molecular weight excluding hydrogens is 622 g/mol. The van der Waals surface area contributed by atoms with Crippen molar-refractivity contribution in [3.05, 3.63) is 140 Å². The fourth-order valence-corrected chi connectivity index (χ4v) is 5.65. The normalized spacial score (nSPS) is 17.2. The van der Waals surface area contributed by atoms with E-state index in [2.05, 4.69) is 31.3 Å². The van der Waals surface area contributed by atoms with Crippen LogP contribution in [0, 0.1) is 0 Å². The summed E-state index contributed by atoms with van der Waals surface area (Å²) in [5.41, 5.74) is 11.4. The zero-order valence-corrected chi connectivity index (χ0v) is 25.6. The van der Waals surface area contributed by atoms with Crippen molar-refractivity contribution in [2.75, 3.05) is 19.8 Å². The van der Waals surface area contributed by atoms with Crippen molar-refractivity contribution in [2.24, 2.45) is 10.1 Å². The van der Waals surface area contributed by atoms with Crippen LogP contribution in [-0.2, 0) is 22.4 Å². The summed E-state index contributed by atoms with van der Waals surface area (Å²) in [6, 6.07) is 32.0. The van der Waals surface area contributed by atoms with E-state index in [-0.39, 0.29) is 18.9 Å². The number of aliphatic hydroxyl groups excluding tert-OH is 1. The third-order valence-corrected chi connectivity index (χ3v) is 8.09. The minimum absolute atomic E-state index is 0.0530. The highest BCUT2D eigenvalue weighted by molar-refractivity contribution is 9.10. The SMILES string of the molecule is [N-]=[N+]=Nc1ccccc1C[C@@]1(C(=O)NCCc2ccccc2)N=C(c2ccc(OCCCO)cc2)O[C@@H]1c1ccccc1Br. The quantitative estimate of drug-likeness (QED) is 0.0696. The first kappa shape index (κ1) is 30.8. The molecule has 10 heteroatoms. The number of carbonyl (C=O) groups is 1. The molecule has 4 aromatic carbocycles. The average molecular weight is 655 g/mol. The molecular formula is C34H32BrN5O4. The molecule has 224 valence electrons. The van der Waals surface area contributed by atoms with Gasteiger partial charge in [0.1, 0.15) is 5.75 Å². The third-order valence-electron chi connectivity index (χ3n) is 7.36. The van der Waals surface area contributed by atoms with Crippen LogP contribution in [0.4, 0.5) is 5.69 Å². The first-order valence-electron chi connectivity index (χ1n) is 14.3. The Balaban J connectivity index is 1.57. The number of azide groups is 1. The number of carbonyl (C=O) groups excluding carboxylic acids is 1. The van der Waals surface area contributed by atoms with Crippen molar-refractivity contribution in [1.29, 1.82) is 0 Å². The smallest absolute Gasteiger partial charge is 0.252 e. The van der Waals surface area contributed by atoms with Gasteiger partial charge in [-0.1, -0.05) is 93.8 Å². The van der Waals surface area contributed by atoms with Crippen molar-refractivity contribution in [3.63, 3.8) is 0 Å². The van der Waals surface area contributed by atoms with Crippen LogP contribution in [0.25, 0.3) is 10.4 Å². The van der Waals surface area contributed by atoms with Crippen LogP contribution in [0.3, 0.4) is 0 Å². The molecule has 0 unspecified atom stereocenters. The summed E-state index contributed by atoms with van der Waals surface area (Å²) in [6.07, 6.45) is 0.499. The Bertz CT molecular complexity index is 1660. The van der Waals surface area contributed by atoms with Gasteiger partial charge in [0, 0.05) is 52.2 Å². The summed E-state index contributed by atoms with van der Waals surface area (Å²) in [6.45, 7) is 0.849. The maximum atomic E-state index is 14.4. The van der Waals surface area contributed by atoms with Gasteiger partial charge in [-0.2, -0.15) is 0 Å². The van der Waals surface area contributed by atoms with Gasteiger partial charge in [0.25, 0.3) is 5.91 Å². The third kappa shape index (κ3) is 7.11. The number of halogens is 1. The number of aliphatic hydroxyl groups is 1. The fourth-order valence-electron chi connectivity index (χ4n) is 5.16. The molecule has 0 radical (unpaired) electrons. The Kier molecular flexibility index (Phi) is 10.3. The summed E-state index contributed by atoms with van der Waals surface area (Å²) in [5, 5.41) is 16.1. The van der Waals surface area contributed by atoms with Crippen LogP contribution in [-0.4, -0.2) is 42.2 Å². The lowest BCUT2D eigenvalue weighted by Crippen LogP contribution is -2.50. The van der Waals surface area contributed by atoms with Gasteiger partial charge in [-0.05, 0) is 53.4 Å². The van der Waals surface area contributed by atoms with E-state index in [1.165, 1.54) is 0 Å². The van der Waals surface area contributed by atoms with Gasteiger partial charge in [0.15, 0.2) is 11.6 Å². The van der Waals surface area contributed by atoms with E-state index < -0.39 is 11.6 Å². The van der Waals surface area contributed by atoms with E-state index in [0.29, 0.717) is 54.5 Å². The Hall–Kier alpha value is -4.63. The summed E-state index contributed by atoms with van der Waals surface area (Å²) in [7, 11) is 0. The first-order chi connectivity index (χ1) is 21.5. The summed E-state index contributed by atoms with van der Waals surface area (Å²) < 4.78 is 13.1. The Morgan fingerprint density at radius 1 is 1.02 bits per heavy atom. The second-order valence-corrected chi connectivity index (χ2v) is 11.2. The van der Waals surface area contributed by atoms with Gasteiger partial charge in [-0.25, -0.2) is 4.99 Å². The number of nitrogens with one attached hydrogen (secondary N) is 1. The van der Waals surface area contributed by atoms with Crippen molar-refractivity contribution in [3.8, 4) is 5.75 Å². The molecule has 0 saturated carbocycles. The molecule has 0 spiro atoms. The predicted octanol–water partition coefficient (Wildman–Crippen LogP) is 7.01. The molecule has 2 N–H and O–H groups in total. The summed E-state index contributed by atoms with van der Waals surface area (Å²) in [4.78, 5) is 22.5. The molecule has 0 saturated heterocycles. The van der Waals surface area contributed by atoms with Gasteiger partial charge >= 0.3 is 0 Å². The number of hydrogen-bond donors (Lipinski definition) is 2. The molecule has 44 heavy (non-hydrogen) atoms. The number of hydrogen-bond acceptors (Lipinski definition) is 6. The Labute approximate surface area is 264 Å². The number of rotatable bonds is 13. The van der Waals surface area contributed by atoms with E-state index in [1.807, 2.05) is 91.0 Å². The largest absolute Gasteiger partial charge is 0.494 e. The second-order valence-electron chi connectivity index (χ2n) is 10.3. The molecule has 0 aromatic heterocycles. The molecule has 0 bridgehead atoms. The van der Waals surface area contributed by atoms with Crippen molar-refractivity contribution in [1.82, 2.24) is 5.32 Å². The molecule has 1 heterocycles. The Morgan fingerprint density at radius 3 is 2.50 bits per heavy atom. The zero-order chi connectivity index (χ0) is 30.8. The topological polar surface area (TPSA) is 129 Å². The molecule has 1 aliphatic heterocycles. The average Bonchev–Trinajstić information content (AvgIpc) is 3.43. The van der Waals surface area contributed by atoms with Crippen molar-refractivity contribution >= 4 is 33.4 Å². The standard InChI is InChI=1S/C34H32BrN5O4/c35-29-13-6-5-12-28(29)31-34(23-26-11-4-7-14-30(26)39-40-36,33(42)37-20-19-24-9-2-1-3-10-24)38-32(44-31)25-15-17-27(18-16-25)43-22-8-21-41/h1-7,9-18,31,41H,8,19-23H2,(H,37,42)/t31-,34-/m1/s1. The highest BCUT2D eigenvalue weighted by Crippen LogP contribution is 2.45. The highest BCUT2D eigenvalue weighted by atomic mass is 79.9. The molecule has 1 aliphatic rings. The van der Waals surface area contributed by atoms with E-state index in [1.54, 1.807) is 12.1 Å². The maximum absolute atomic E-state index is 14.4. The van der Waals surface area contributed by atoms with Gasteiger partial charge in [0.05, 0.1) is 6.61 Å². The van der Waals surface area contributed by atoms with Crippen molar-refractivity contribution in [2.45, 2.75) is 30.9 Å².